The molecule has 0 spiro atoms. The van der Waals surface area contributed by atoms with Crippen LogP contribution in [0.15, 0.2) is 30.3 Å². The van der Waals surface area contributed by atoms with E-state index in [1.54, 1.807) is 0 Å². The topological polar surface area (TPSA) is 12.0 Å². The van der Waals surface area contributed by atoms with Gasteiger partial charge < -0.3 is 5.32 Å². The average molecular weight is 207 g/mol. The molecule has 1 aromatic rings. The molecule has 76 valence electrons. The molecule has 1 N–H and O–H groups in total. The Morgan fingerprint density at radius 3 is 2.79 bits per heavy atom. The maximum atomic E-state index is 3.63. The van der Waals surface area contributed by atoms with Crippen LogP contribution in [0, 0.1) is 0 Å². The van der Waals surface area contributed by atoms with Gasteiger partial charge in [0.25, 0.3) is 0 Å². The molecule has 1 saturated heterocycles. The van der Waals surface area contributed by atoms with Gasteiger partial charge in [0.1, 0.15) is 0 Å². The van der Waals surface area contributed by atoms with Gasteiger partial charge in [-0.05, 0) is 17.7 Å². The molecule has 1 aliphatic rings. The second-order valence-electron chi connectivity index (χ2n) is 3.84. The van der Waals surface area contributed by atoms with Crippen molar-refractivity contribution in [1.29, 1.82) is 0 Å². The third-order valence-electron chi connectivity index (χ3n) is 2.79. The Labute approximate surface area is 90.3 Å². The van der Waals surface area contributed by atoms with Crippen LogP contribution in [0.5, 0.6) is 0 Å². The zero-order valence-electron chi connectivity index (χ0n) is 8.57. The van der Waals surface area contributed by atoms with E-state index < -0.39 is 0 Å². The Morgan fingerprint density at radius 2 is 2.14 bits per heavy atom. The van der Waals surface area contributed by atoms with E-state index in [4.69, 9.17) is 0 Å². The minimum Gasteiger partial charge on any atom is -0.309 e. The fourth-order valence-corrected chi connectivity index (χ4v) is 3.07. The fraction of sp³-hybridized carbons (Fsp3) is 0.500. The van der Waals surface area contributed by atoms with Crippen LogP contribution in [-0.4, -0.2) is 17.0 Å². The van der Waals surface area contributed by atoms with Crippen molar-refractivity contribution in [2.75, 3.05) is 5.75 Å². The van der Waals surface area contributed by atoms with Crippen molar-refractivity contribution in [1.82, 2.24) is 5.32 Å². The van der Waals surface area contributed by atoms with E-state index in [0.29, 0.717) is 6.04 Å². The van der Waals surface area contributed by atoms with Crippen molar-refractivity contribution >= 4 is 11.8 Å². The van der Waals surface area contributed by atoms with E-state index >= 15 is 0 Å². The lowest BCUT2D eigenvalue weighted by molar-refractivity contribution is 0.513. The molecule has 1 heterocycles. The molecule has 2 atom stereocenters. The summed E-state index contributed by atoms with van der Waals surface area (Å²) in [6.45, 7) is 3.33. The molecule has 0 bridgehead atoms. The number of benzene rings is 1. The van der Waals surface area contributed by atoms with Crippen LogP contribution in [0.2, 0.25) is 0 Å². The quantitative estimate of drug-likeness (QED) is 0.818. The minimum atomic E-state index is 0.709. The number of rotatable bonds is 3. The lowest BCUT2D eigenvalue weighted by Crippen LogP contribution is -2.32. The molecule has 0 saturated carbocycles. The molecule has 2 unspecified atom stereocenters. The van der Waals surface area contributed by atoms with Crippen molar-refractivity contribution in [3.63, 3.8) is 0 Å². The number of nitrogens with one attached hydrogen (secondary N) is 1. The van der Waals surface area contributed by atoms with Crippen molar-refractivity contribution in [3.8, 4) is 0 Å². The van der Waals surface area contributed by atoms with Gasteiger partial charge in [-0.1, -0.05) is 37.3 Å². The van der Waals surface area contributed by atoms with Crippen LogP contribution in [0.1, 0.15) is 18.9 Å². The summed E-state index contributed by atoms with van der Waals surface area (Å²) in [6, 6.07) is 11.3. The molecule has 1 aromatic carbocycles. The van der Waals surface area contributed by atoms with Crippen LogP contribution >= 0.6 is 11.8 Å². The third kappa shape index (κ3) is 2.52. The highest BCUT2D eigenvalue weighted by atomic mass is 32.2. The Hall–Kier alpha value is -0.470. The van der Waals surface area contributed by atoms with E-state index in [9.17, 15) is 0 Å². The number of thioether (sulfide) groups is 1. The van der Waals surface area contributed by atoms with Crippen molar-refractivity contribution in [3.05, 3.63) is 35.9 Å². The van der Waals surface area contributed by atoms with Crippen LogP contribution in [0.25, 0.3) is 0 Å². The number of hydrogen-bond donors (Lipinski definition) is 1. The lowest BCUT2D eigenvalue weighted by Gasteiger charge is -2.16. The van der Waals surface area contributed by atoms with Crippen molar-refractivity contribution < 1.29 is 0 Å². The summed E-state index contributed by atoms with van der Waals surface area (Å²) in [5, 5.41) is 4.40. The van der Waals surface area contributed by atoms with E-state index in [1.807, 2.05) is 0 Å². The molecule has 2 heteroatoms. The molecular formula is C12H17NS. The molecule has 1 nitrogen and oxygen atoms in total. The first kappa shape index (κ1) is 10.1. The summed E-state index contributed by atoms with van der Waals surface area (Å²) < 4.78 is 0. The van der Waals surface area contributed by atoms with Crippen LogP contribution < -0.4 is 5.32 Å². The Kier molecular flexibility index (Phi) is 3.49. The van der Waals surface area contributed by atoms with Gasteiger partial charge in [-0.2, -0.15) is 11.8 Å². The molecule has 1 aliphatic heterocycles. The largest absolute Gasteiger partial charge is 0.309 e. The summed E-state index contributed by atoms with van der Waals surface area (Å²) in [6.07, 6.45) is 1.32. The first-order valence-electron chi connectivity index (χ1n) is 5.25. The minimum absolute atomic E-state index is 0.709. The Bertz CT molecular complexity index is 273. The summed E-state index contributed by atoms with van der Waals surface area (Å²) in [4.78, 5) is 0. The lowest BCUT2D eigenvalue weighted by atomic mass is 10.1. The maximum Gasteiger partial charge on any atom is 0.0208 e. The first-order valence-corrected chi connectivity index (χ1v) is 6.30. The smallest absolute Gasteiger partial charge is 0.0208 e. The van der Waals surface area contributed by atoms with E-state index in [0.717, 1.165) is 11.8 Å². The van der Waals surface area contributed by atoms with Crippen molar-refractivity contribution in [2.45, 2.75) is 31.2 Å². The second kappa shape index (κ2) is 4.85. The molecule has 14 heavy (non-hydrogen) atoms. The highest BCUT2D eigenvalue weighted by Gasteiger charge is 2.22. The van der Waals surface area contributed by atoms with Crippen LogP contribution in [0.4, 0.5) is 0 Å². The predicted molar refractivity (Wildman–Crippen MR) is 63.6 cm³/mol. The van der Waals surface area contributed by atoms with Gasteiger partial charge in [-0.25, -0.2) is 0 Å². The summed E-state index contributed by atoms with van der Waals surface area (Å²) >= 11 is 2.08. The monoisotopic (exact) mass is 207 g/mol. The standard InChI is InChI=1S/C12H17NS/c1-10-12(7-8-14-10)13-9-11-5-3-2-4-6-11/h2-6,10,12-13H,7-9H2,1H3. The number of hydrogen-bond acceptors (Lipinski definition) is 2. The van der Waals surface area contributed by atoms with E-state index in [1.165, 1.54) is 17.7 Å². The summed E-state index contributed by atoms with van der Waals surface area (Å²) in [5.41, 5.74) is 1.39. The van der Waals surface area contributed by atoms with Gasteiger partial charge in [0.05, 0.1) is 0 Å². The van der Waals surface area contributed by atoms with Crippen LogP contribution in [-0.2, 0) is 6.54 Å². The van der Waals surface area contributed by atoms with Gasteiger partial charge in [0.2, 0.25) is 0 Å². The summed E-state index contributed by atoms with van der Waals surface area (Å²) in [5.74, 6) is 1.31. The van der Waals surface area contributed by atoms with Crippen LogP contribution in [0.3, 0.4) is 0 Å². The van der Waals surface area contributed by atoms with Crippen molar-refractivity contribution in [2.24, 2.45) is 0 Å². The molecule has 1 fully saturated rings. The molecule has 0 radical (unpaired) electrons. The van der Waals surface area contributed by atoms with E-state index in [-0.39, 0.29) is 0 Å². The normalized spacial score (nSPS) is 26.6. The average Bonchev–Trinajstić information content (AvgIpc) is 2.63. The second-order valence-corrected chi connectivity index (χ2v) is 5.32. The van der Waals surface area contributed by atoms with Gasteiger partial charge in [0, 0.05) is 17.8 Å². The summed E-state index contributed by atoms with van der Waals surface area (Å²) in [7, 11) is 0. The SMILES string of the molecule is CC1SCCC1NCc1ccccc1. The Balaban J connectivity index is 1.82. The molecular weight excluding hydrogens is 190 g/mol. The van der Waals surface area contributed by atoms with Gasteiger partial charge >= 0.3 is 0 Å². The van der Waals surface area contributed by atoms with Gasteiger partial charge in [-0.15, -0.1) is 0 Å². The van der Waals surface area contributed by atoms with Gasteiger partial charge in [-0.3, -0.25) is 0 Å². The zero-order valence-corrected chi connectivity index (χ0v) is 9.39. The molecule has 0 aliphatic carbocycles. The molecule has 2 rings (SSSR count). The zero-order chi connectivity index (χ0) is 9.80. The van der Waals surface area contributed by atoms with Gasteiger partial charge in [0.15, 0.2) is 0 Å². The predicted octanol–water partition coefficient (Wildman–Crippen LogP) is 2.67. The molecule has 0 amide bonds. The Morgan fingerprint density at radius 1 is 1.36 bits per heavy atom. The van der Waals surface area contributed by atoms with E-state index in [2.05, 4.69) is 54.3 Å². The first-order chi connectivity index (χ1) is 6.86. The molecule has 0 aromatic heterocycles. The highest BCUT2D eigenvalue weighted by molar-refractivity contribution is 8.00. The third-order valence-corrected chi connectivity index (χ3v) is 4.11. The fourth-order valence-electron chi connectivity index (χ4n) is 1.84. The highest BCUT2D eigenvalue weighted by Crippen LogP contribution is 2.26. The maximum absolute atomic E-state index is 3.63.